The van der Waals surface area contributed by atoms with Gasteiger partial charge in [0, 0.05) is 6.07 Å². The van der Waals surface area contributed by atoms with Crippen LogP contribution in [0.1, 0.15) is 13.8 Å². The number of carbonyl (C=O) groups is 1. The van der Waals surface area contributed by atoms with E-state index in [-0.39, 0.29) is 5.91 Å². The monoisotopic (exact) mass is 386 g/mol. The van der Waals surface area contributed by atoms with Crippen LogP contribution in [-0.2, 0) is 14.8 Å². The maximum absolute atomic E-state index is 12.8. The number of amides is 1. The Balaban J connectivity index is 2.11. The van der Waals surface area contributed by atoms with Crippen LogP contribution in [0.2, 0.25) is 4.34 Å². The van der Waals surface area contributed by atoms with Crippen molar-refractivity contribution in [3.63, 3.8) is 0 Å². The van der Waals surface area contributed by atoms with Crippen molar-refractivity contribution >= 4 is 55.2 Å². The maximum Gasteiger partial charge on any atom is 0.275 e. The SMILES string of the molecule is CC1(C)Oc2cc(NS(C)(=O)=O)ccc2N(c2ccc(Cl)s2)C1=O. The first-order valence-electron chi connectivity index (χ1n) is 6.97. The molecule has 1 N–H and O–H groups in total. The van der Waals surface area contributed by atoms with Crippen LogP contribution in [0.25, 0.3) is 0 Å². The average Bonchev–Trinajstić information content (AvgIpc) is 2.84. The molecular weight excluding hydrogens is 372 g/mol. The summed E-state index contributed by atoms with van der Waals surface area (Å²) in [6.07, 6.45) is 1.07. The fourth-order valence-corrected chi connectivity index (χ4v) is 4.00. The summed E-state index contributed by atoms with van der Waals surface area (Å²) in [7, 11) is -3.41. The Morgan fingerprint density at radius 1 is 1.25 bits per heavy atom. The lowest BCUT2D eigenvalue weighted by atomic mass is 10.0. The standard InChI is InChI=1S/C15H15ClN2O4S2/c1-15(2)14(19)18(13-7-6-12(16)23-13)10-5-4-9(8-11(10)22-15)17-24(3,20)21/h4-8,17H,1-3H3. The van der Waals surface area contributed by atoms with Gasteiger partial charge in [0.05, 0.1) is 22.0 Å². The summed E-state index contributed by atoms with van der Waals surface area (Å²) < 4.78 is 31.6. The van der Waals surface area contributed by atoms with Gasteiger partial charge in [-0.3, -0.25) is 14.4 Å². The lowest BCUT2D eigenvalue weighted by molar-refractivity contribution is -0.131. The summed E-state index contributed by atoms with van der Waals surface area (Å²) in [6, 6.07) is 8.27. The van der Waals surface area contributed by atoms with Gasteiger partial charge >= 0.3 is 0 Å². The Hall–Kier alpha value is -1.77. The molecule has 0 saturated carbocycles. The molecule has 0 fully saturated rings. The second-order valence-electron chi connectivity index (χ2n) is 5.89. The molecular formula is C15H15ClN2O4S2. The van der Waals surface area contributed by atoms with Crippen LogP contribution in [0.3, 0.4) is 0 Å². The van der Waals surface area contributed by atoms with Gasteiger partial charge in [-0.1, -0.05) is 11.6 Å². The molecule has 0 spiro atoms. The minimum absolute atomic E-state index is 0.225. The van der Waals surface area contributed by atoms with Crippen molar-refractivity contribution in [3.05, 3.63) is 34.7 Å². The van der Waals surface area contributed by atoms with E-state index in [2.05, 4.69) is 4.72 Å². The largest absolute Gasteiger partial charge is 0.476 e. The van der Waals surface area contributed by atoms with Crippen molar-refractivity contribution in [2.45, 2.75) is 19.4 Å². The van der Waals surface area contributed by atoms with Crippen LogP contribution >= 0.6 is 22.9 Å². The zero-order chi connectivity index (χ0) is 17.7. The molecule has 24 heavy (non-hydrogen) atoms. The van der Waals surface area contributed by atoms with Gasteiger partial charge < -0.3 is 4.74 Å². The number of anilines is 3. The number of nitrogens with zero attached hydrogens (tertiary/aromatic N) is 1. The van der Waals surface area contributed by atoms with Gasteiger partial charge in [0.15, 0.2) is 5.60 Å². The van der Waals surface area contributed by atoms with Crippen LogP contribution < -0.4 is 14.4 Å². The fourth-order valence-electron chi connectivity index (χ4n) is 2.40. The minimum atomic E-state index is -3.41. The molecule has 128 valence electrons. The molecule has 6 nitrogen and oxygen atoms in total. The molecule has 1 aliphatic rings. The van der Waals surface area contributed by atoms with Crippen LogP contribution in [-0.4, -0.2) is 26.2 Å². The Kier molecular flexibility index (Phi) is 4.01. The minimum Gasteiger partial charge on any atom is -0.476 e. The third kappa shape index (κ3) is 3.22. The van der Waals surface area contributed by atoms with Crippen molar-refractivity contribution < 1.29 is 17.9 Å². The van der Waals surface area contributed by atoms with Crippen molar-refractivity contribution in [3.8, 4) is 5.75 Å². The van der Waals surface area contributed by atoms with E-state index < -0.39 is 15.6 Å². The Morgan fingerprint density at radius 3 is 2.54 bits per heavy atom. The number of thiophene rings is 1. The molecule has 9 heteroatoms. The summed E-state index contributed by atoms with van der Waals surface area (Å²) in [6.45, 7) is 3.33. The van der Waals surface area contributed by atoms with E-state index in [1.807, 2.05) is 0 Å². The third-order valence-corrected chi connectivity index (χ3v) is 5.19. The summed E-state index contributed by atoms with van der Waals surface area (Å²) in [5, 5.41) is 0.673. The second kappa shape index (κ2) is 5.65. The van der Waals surface area contributed by atoms with E-state index in [0.29, 0.717) is 26.5 Å². The number of hydrogen-bond acceptors (Lipinski definition) is 5. The molecule has 1 aromatic carbocycles. The fraction of sp³-hybridized carbons (Fsp3) is 0.267. The van der Waals surface area contributed by atoms with E-state index in [9.17, 15) is 13.2 Å². The van der Waals surface area contributed by atoms with E-state index in [4.69, 9.17) is 16.3 Å². The van der Waals surface area contributed by atoms with Gasteiger partial charge in [-0.2, -0.15) is 0 Å². The molecule has 0 bridgehead atoms. The second-order valence-corrected chi connectivity index (χ2v) is 9.33. The van der Waals surface area contributed by atoms with Gasteiger partial charge in [0.25, 0.3) is 5.91 Å². The topological polar surface area (TPSA) is 75.7 Å². The first-order chi connectivity index (χ1) is 11.1. The van der Waals surface area contributed by atoms with Crippen LogP contribution in [0.4, 0.5) is 16.4 Å². The molecule has 1 aromatic heterocycles. The van der Waals surface area contributed by atoms with Crippen molar-refractivity contribution in [1.82, 2.24) is 0 Å². The number of ether oxygens (including phenoxy) is 1. The number of rotatable bonds is 3. The van der Waals surface area contributed by atoms with Gasteiger partial charge in [-0.25, -0.2) is 8.42 Å². The number of halogens is 1. The Bertz CT molecular complexity index is 921. The lowest BCUT2D eigenvalue weighted by Gasteiger charge is -2.38. The predicted octanol–water partition coefficient (Wildman–Crippen LogP) is 3.61. The predicted molar refractivity (Wildman–Crippen MR) is 96.1 cm³/mol. The van der Waals surface area contributed by atoms with Crippen molar-refractivity contribution in [1.29, 1.82) is 0 Å². The maximum atomic E-state index is 12.8. The first-order valence-corrected chi connectivity index (χ1v) is 10.1. The summed E-state index contributed by atoms with van der Waals surface area (Å²) in [5.74, 6) is 0.190. The number of hydrogen-bond donors (Lipinski definition) is 1. The zero-order valence-electron chi connectivity index (χ0n) is 13.2. The summed E-state index contributed by atoms with van der Waals surface area (Å²) in [4.78, 5) is 14.3. The Labute approximate surface area is 149 Å². The third-order valence-electron chi connectivity index (χ3n) is 3.37. The lowest BCUT2D eigenvalue weighted by Crippen LogP contribution is -2.50. The van der Waals surface area contributed by atoms with Gasteiger partial charge in [-0.05, 0) is 38.1 Å². The molecule has 1 amide bonds. The molecule has 1 aliphatic heterocycles. The van der Waals surface area contributed by atoms with Crippen molar-refractivity contribution in [2.75, 3.05) is 15.9 Å². The van der Waals surface area contributed by atoms with Gasteiger partial charge in [0.2, 0.25) is 10.0 Å². The number of benzene rings is 1. The highest BCUT2D eigenvalue weighted by Crippen LogP contribution is 2.45. The van der Waals surface area contributed by atoms with Gasteiger partial charge in [0.1, 0.15) is 10.8 Å². The highest BCUT2D eigenvalue weighted by molar-refractivity contribution is 7.92. The van der Waals surface area contributed by atoms with E-state index in [1.165, 1.54) is 11.3 Å². The number of fused-ring (bicyclic) bond motifs is 1. The quantitative estimate of drug-likeness (QED) is 0.874. The molecule has 0 saturated heterocycles. The van der Waals surface area contributed by atoms with E-state index in [0.717, 1.165) is 6.26 Å². The summed E-state index contributed by atoms with van der Waals surface area (Å²) in [5.41, 5.74) is -0.185. The molecule has 0 atom stereocenters. The van der Waals surface area contributed by atoms with Crippen LogP contribution in [0.15, 0.2) is 30.3 Å². The van der Waals surface area contributed by atoms with Crippen LogP contribution in [0.5, 0.6) is 5.75 Å². The molecule has 0 aliphatic carbocycles. The van der Waals surface area contributed by atoms with E-state index >= 15 is 0 Å². The van der Waals surface area contributed by atoms with E-state index in [1.54, 1.807) is 49.1 Å². The zero-order valence-corrected chi connectivity index (χ0v) is 15.6. The van der Waals surface area contributed by atoms with Gasteiger partial charge in [-0.15, -0.1) is 11.3 Å². The average molecular weight is 387 g/mol. The van der Waals surface area contributed by atoms with Crippen LogP contribution in [0, 0.1) is 0 Å². The molecule has 0 radical (unpaired) electrons. The number of carbonyl (C=O) groups excluding carboxylic acids is 1. The summed E-state index contributed by atoms with van der Waals surface area (Å²) >= 11 is 7.28. The number of sulfonamides is 1. The smallest absolute Gasteiger partial charge is 0.275 e. The first kappa shape index (κ1) is 17.1. The molecule has 2 heterocycles. The normalized spacial score (nSPS) is 16.5. The number of nitrogens with one attached hydrogen (secondary N) is 1. The molecule has 3 rings (SSSR count). The van der Waals surface area contributed by atoms with Crippen molar-refractivity contribution in [2.24, 2.45) is 0 Å². The highest BCUT2D eigenvalue weighted by Gasteiger charge is 2.42. The highest BCUT2D eigenvalue weighted by atomic mass is 35.5. The molecule has 0 unspecified atom stereocenters. The Morgan fingerprint density at radius 2 is 1.96 bits per heavy atom. The molecule has 2 aromatic rings.